The summed E-state index contributed by atoms with van der Waals surface area (Å²) in [4.78, 5) is 25.6. The Balaban J connectivity index is 1.13. The molecule has 2 bridgehead atoms. The van der Waals surface area contributed by atoms with Crippen LogP contribution in [-0.2, 0) is 9.59 Å². The number of fused-ring (bicyclic) bond motifs is 1. The Bertz CT molecular complexity index is 1160. The molecule has 0 spiro atoms. The number of rotatable bonds is 7. The van der Waals surface area contributed by atoms with Crippen LogP contribution in [0.5, 0.6) is 11.5 Å². The molecule has 3 aliphatic carbocycles. The van der Waals surface area contributed by atoms with Crippen molar-refractivity contribution in [1.82, 2.24) is 5.32 Å². The third kappa shape index (κ3) is 4.05. The van der Waals surface area contributed by atoms with Crippen molar-refractivity contribution in [3.05, 3.63) is 58.4 Å². The van der Waals surface area contributed by atoms with E-state index in [-0.39, 0.29) is 41.5 Å². The van der Waals surface area contributed by atoms with Crippen molar-refractivity contribution in [2.45, 2.75) is 63.2 Å². The van der Waals surface area contributed by atoms with Gasteiger partial charge in [-0.25, -0.2) is 4.39 Å². The van der Waals surface area contributed by atoms with Crippen molar-refractivity contribution >= 4 is 23.3 Å². The monoisotopic (exact) mass is 487 g/mol. The number of aliphatic hydroxyl groups excluding tert-OH is 1. The van der Waals surface area contributed by atoms with Gasteiger partial charge in [-0.15, -0.1) is 0 Å². The third-order valence-corrected chi connectivity index (χ3v) is 7.67. The van der Waals surface area contributed by atoms with Crippen molar-refractivity contribution in [2.75, 3.05) is 6.61 Å². The molecule has 0 radical (unpaired) electrons. The second kappa shape index (κ2) is 7.95. The highest BCUT2D eigenvalue weighted by atomic mass is 35.5. The average Bonchev–Trinajstić information content (AvgIpc) is 2.72. The van der Waals surface area contributed by atoms with Gasteiger partial charge in [0.25, 0.3) is 5.91 Å². The average molecular weight is 488 g/mol. The number of hydrogen-bond acceptors (Lipinski definition) is 5. The summed E-state index contributed by atoms with van der Waals surface area (Å²) in [5, 5.41) is 14.1. The van der Waals surface area contributed by atoms with E-state index in [0.717, 1.165) is 19.3 Å². The van der Waals surface area contributed by atoms with E-state index in [9.17, 15) is 19.1 Å². The lowest BCUT2D eigenvalue weighted by Gasteiger charge is -2.71. The Labute approximate surface area is 202 Å². The van der Waals surface area contributed by atoms with Gasteiger partial charge in [0.15, 0.2) is 18.0 Å². The lowest BCUT2D eigenvalue weighted by Crippen LogP contribution is -2.75. The maximum atomic E-state index is 13.6. The molecule has 180 valence electrons. The predicted molar refractivity (Wildman–Crippen MR) is 123 cm³/mol. The number of halogens is 2. The summed E-state index contributed by atoms with van der Waals surface area (Å²) in [5.41, 5.74) is -0.426. The van der Waals surface area contributed by atoms with Crippen LogP contribution in [0, 0.1) is 18.2 Å². The van der Waals surface area contributed by atoms with E-state index < -0.39 is 11.7 Å². The third-order valence-electron chi connectivity index (χ3n) is 7.43. The molecule has 6 nitrogen and oxygen atoms in total. The number of ketones is 1. The van der Waals surface area contributed by atoms with Gasteiger partial charge in [-0.2, -0.15) is 0 Å². The van der Waals surface area contributed by atoms with Crippen molar-refractivity contribution in [3.63, 3.8) is 0 Å². The molecule has 0 aromatic heterocycles. The highest BCUT2D eigenvalue weighted by Gasteiger charge is 2.69. The number of Topliss-reactive ketones (excluding diaryl/α,β-unsaturated/α-hetero) is 1. The van der Waals surface area contributed by atoms with Crippen LogP contribution in [0.25, 0.3) is 0 Å². The quantitative estimate of drug-likeness (QED) is 0.603. The predicted octanol–water partition coefficient (Wildman–Crippen LogP) is 4.44. The van der Waals surface area contributed by atoms with Crippen molar-refractivity contribution in [2.24, 2.45) is 5.41 Å². The second-order valence-electron chi connectivity index (χ2n) is 10.4. The van der Waals surface area contributed by atoms with E-state index in [1.807, 2.05) is 0 Å². The number of hydrogen-bond donors (Lipinski definition) is 2. The van der Waals surface area contributed by atoms with Crippen molar-refractivity contribution in [3.8, 4) is 11.5 Å². The molecule has 6 rings (SSSR count). The summed E-state index contributed by atoms with van der Waals surface area (Å²) in [6.45, 7) is 3.20. The molecule has 8 heteroatoms. The van der Waals surface area contributed by atoms with Gasteiger partial charge in [0.1, 0.15) is 17.3 Å². The maximum Gasteiger partial charge on any atom is 0.258 e. The van der Waals surface area contributed by atoms with Crippen LogP contribution < -0.4 is 14.8 Å². The van der Waals surface area contributed by atoms with Crippen molar-refractivity contribution < 1.29 is 28.6 Å². The largest absolute Gasteiger partial charge is 0.484 e. The minimum Gasteiger partial charge on any atom is -0.484 e. The van der Waals surface area contributed by atoms with Gasteiger partial charge in [0.05, 0.1) is 6.10 Å². The highest BCUT2D eigenvalue weighted by molar-refractivity contribution is 6.30. The van der Waals surface area contributed by atoms with Gasteiger partial charge in [-0.1, -0.05) is 17.7 Å². The molecule has 2 aromatic carbocycles. The van der Waals surface area contributed by atoms with E-state index in [1.54, 1.807) is 44.2 Å². The topological polar surface area (TPSA) is 84.9 Å². The number of ether oxygens (including phenoxy) is 2. The van der Waals surface area contributed by atoms with Gasteiger partial charge in [-0.3, -0.25) is 9.59 Å². The van der Waals surface area contributed by atoms with Crippen LogP contribution in [0.2, 0.25) is 5.02 Å². The molecule has 34 heavy (non-hydrogen) atoms. The standard InChI is InChI=1S/C26H27ClFNO5/c1-15-3-5-17(8-19(15)28)33-11-23(32)29-26-12-25(13-26,14-26)10-22(31)24(2)9-20(30)18-7-16(27)4-6-21(18)34-24/h3-8,20,30H,9-14H2,1-2H3,(H,29,32)/t20-,24+,25?,26?/m0/s1. The van der Waals surface area contributed by atoms with E-state index in [0.29, 0.717) is 34.1 Å². The molecule has 0 unspecified atom stereocenters. The zero-order valence-electron chi connectivity index (χ0n) is 19.1. The summed E-state index contributed by atoms with van der Waals surface area (Å²) < 4.78 is 25.1. The summed E-state index contributed by atoms with van der Waals surface area (Å²) in [6.07, 6.45) is 1.87. The number of amides is 1. The van der Waals surface area contributed by atoms with Crippen LogP contribution in [0.1, 0.15) is 56.3 Å². The van der Waals surface area contributed by atoms with Crippen LogP contribution in [-0.4, -0.2) is 34.5 Å². The van der Waals surface area contributed by atoms with E-state index in [1.165, 1.54) is 6.07 Å². The molecule has 4 aliphatic rings. The molecule has 1 amide bonds. The summed E-state index contributed by atoms with van der Waals surface area (Å²) in [5.74, 6) is 0.107. The Morgan fingerprint density at radius 2 is 1.97 bits per heavy atom. The number of aryl methyl sites for hydroxylation is 1. The number of carbonyl (C=O) groups excluding carboxylic acids is 2. The minimum absolute atomic E-state index is 0.0449. The SMILES string of the molecule is Cc1ccc(OCC(=O)NC23CC(CC(=O)[C@@]4(C)C[C@H](O)c5cc(Cl)ccc5O4)(C2)C3)cc1F. The number of aliphatic hydroxyl groups is 1. The molecule has 2 aromatic rings. The zero-order valence-corrected chi connectivity index (χ0v) is 19.9. The van der Waals surface area contributed by atoms with Crippen LogP contribution in [0.4, 0.5) is 4.39 Å². The smallest absolute Gasteiger partial charge is 0.258 e. The first kappa shape index (κ1) is 23.1. The summed E-state index contributed by atoms with van der Waals surface area (Å²) >= 11 is 6.02. The Hall–Kier alpha value is -2.64. The fourth-order valence-electron chi connectivity index (χ4n) is 5.80. The Morgan fingerprint density at radius 1 is 1.24 bits per heavy atom. The molecule has 2 N–H and O–H groups in total. The fraction of sp³-hybridized carbons (Fsp3) is 0.462. The van der Waals surface area contributed by atoms with Gasteiger partial charge >= 0.3 is 0 Å². The fourth-order valence-corrected chi connectivity index (χ4v) is 5.98. The molecule has 3 fully saturated rings. The molecule has 1 heterocycles. The number of benzene rings is 2. The van der Waals surface area contributed by atoms with E-state index in [2.05, 4.69) is 5.32 Å². The first-order valence-corrected chi connectivity index (χ1v) is 11.8. The second-order valence-corrected chi connectivity index (χ2v) is 10.8. The zero-order chi connectivity index (χ0) is 24.3. The van der Waals surface area contributed by atoms with E-state index >= 15 is 0 Å². The molecule has 1 aliphatic heterocycles. The van der Waals surface area contributed by atoms with Gasteiger partial charge < -0.3 is 19.9 Å². The maximum absolute atomic E-state index is 13.6. The van der Waals surface area contributed by atoms with Crippen LogP contribution in [0.3, 0.4) is 0 Å². The van der Waals surface area contributed by atoms with E-state index in [4.69, 9.17) is 21.1 Å². The molecular weight excluding hydrogens is 461 g/mol. The lowest BCUT2D eigenvalue weighted by molar-refractivity contribution is -0.179. The van der Waals surface area contributed by atoms with Gasteiger partial charge in [0.2, 0.25) is 0 Å². The van der Waals surface area contributed by atoms with Gasteiger partial charge in [0, 0.05) is 35.0 Å². The van der Waals surface area contributed by atoms with Crippen LogP contribution >= 0.6 is 11.6 Å². The molecule has 0 saturated heterocycles. The number of nitrogens with one attached hydrogen (secondary N) is 1. The highest BCUT2D eigenvalue weighted by Crippen LogP contribution is 2.69. The first-order chi connectivity index (χ1) is 16.0. The normalized spacial score (nSPS) is 30.8. The van der Waals surface area contributed by atoms with Crippen molar-refractivity contribution in [1.29, 1.82) is 0 Å². The number of carbonyl (C=O) groups is 2. The molecule has 3 saturated carbocycles. The Kier molecular flexibility index (Phi) is 5.41. The summed E-state index contributed by atoms with van der Waals surface area (Å²) in [7, 11) is 0. The summed E-state index contributed by atoms with van der Waals surface area (Å²) in [6, 6.07) is 9.53. The lowest BCUT2D eigenvalue weighted by atomic mass is 9.38. The van der Waals surface area contributed by atoms with Gasteiger partial charge in [-0.05, 0) is 68.4 Å². The molecule has 2 atom stereocenters. The molecular formula is C26H27ClFNO5. The van der Waals surface area contributed by atoms with Crippen LogP contribution in [0.15, 0.2) is 36.4 Å². The minimum atomic E-state index is -1.11. The first-order valence-electron chi connectivity index (χ1n) is 11.4. The Morgan fingerprint density at radius 3 is 2.68 bits per heavy atom.